The smallest absolute Gasteiger partial charge is 0.205 e. The number of nitrogens with one attached hydrogen (secondary N) is 2. The fraction of sp³-hybridized carbons (Fsp3) is 1.00. The van der Waals surface area contributed by atoms with Crippen molar-refractivity contribution < 1.29 is 75.2 Å². The number of quaternary nitrogens is 2. The summed E-state index contributed by atoms with van der Waals surface area (Å²) < 4.78 is 0. The van der Waals surface area contributed by atoms with E-state index < -0.39 is 0 Å². The first-order valence-electron chi connectivity index (χ1n) is 4.91. The molecule has 80 valence electrons. The largest absolute Gasteiger partial charge is 0.291 e. The molecule has 0 rings (SSSR count). The van der Waals surface area contributed by atoms with E-state index in [1.165, 1.54) is 13.2 Å². The molecular weight excluding hydrogens is 328 g/mol. The average Bonchev–Trinajstić information content (AvgIpc) is 2.03. The predicted molar refractivity (Wildman–Crippen MR) is 52.4 cm³/mol. The molecule has 0 aromatic rings. The summed E-state index contributed by atoms with van der Waals surface area (Å²) >= 11 is 0. The second kappa shape index (κ2) is 13.2. The van der Waals surface area contributed by atoms with Crippen LogP contribution >= 0.6 is 0 Å². The molecule has 2 atom stereocenters. The van der Waals surface area contributed by atoms with Gasteiger partial charge < -0.3 is 0 Å². The van der Waals surface area contributed by atoms with Crippen molar-refractivity contribution in [3.63, 3.8) is 0 Å². The van der Waals surface area contributed by atoms with E-state index in [9.17, 15) is 0 Å². The Balaban J connectivity index is -0.000000605. The molecule has 14 heavy (non-hydrogen) atoms. The summed E-state index contributed by atoms with van der Waals surface area (Å²) in [6, 6.07) is 0. The van der Waals surface area contributed by atoms with Gasteiger partial charge in [-0.15, -0.1) is 0 Å². The van der Waals surface area contributed by atoms with Crippen LogP contribution < -0.4 is 9.80 Å². The number of rotatable bonds is 6. The maximum atomic E-state index is 2.35. The van der Waals surface area contributed by atoms with Gasteiger partial charge in [0.1, 0.15) is 6.67 Å². The van der Waals surface area contributed by atoms with E-state index in [-0.39, 0.29) is 65.4 Å². The minimum atomic E-state index is 0. The minimum absolute atomic E-state index is 0. The van der Waals surface area contributed by atoms with E-state index in [0.29, 0.717) is 0 Å². The number of hydrogen-bond acceptors (Lipinski definition) is 1. The summed E-state index contributed by atoms with van der Waals surface area (Å²) in [5.41, 5.74) is 0. The molecule has 0 aliphatic carbocycles. The predicted octanol–water partition coefficient (Wildman–Crippen LogP) is -2.10. The molecule has 2 unspecified atom stereocenters. The molecule has 0 aromatic carbocycles. The van der Waals surface area contributed by atoms with Crippen LogP contribution in [0.15, 0.2) is 0 Å². The van der Waals surface area contributed by atoms with E-state index in [0.717, 1.165) is 13.2 Å². The van der Waals surface area contributed by atoms with Gasteiger partial charge in [-0.3, -0.25) is 14.7 Å². The molecule has 0 amide bonds. The summed E-state index contributed by atoms with van der Waals surface area (Å²) in [4.78, 5) is 5.52. The maximum Gasteiger partial charge on any atom is 0.205 e. The Morgan fingerprint density at radius 3 is 1.86 bits per heavy atom. The molecule has 0 heterocycles. The Kier molecular flexibility index (Phi) is 20.1. The summed E-state index contributed by atoms with van der Waals surface area (Å²) in [6.07, 6.45) is 0. The van der Waals surface area contributed by atoms with Crippen molar-refractivity contribution in [3.05, 3.63) is 0 Å². The molecule has 2 N–H and O–H groups in total. The Bertz CT molecular complexity index is 102. The Hall–Kier alpha value is 2.09. The molecular formula is C9H25N3Y2+2. The van der Waals surface area contributed by atoms with E-state index in [1.807, 2.05) is 0 Å². The molecule has 3 nitrogen and oxygen atoms in total. The van der Waals surface area contributed by atoms with Gasteiger partial charge in [-0.25, -0.2) is 0 Å². The zero-order valence-corrected chi connectivity index (χ0v) is 16.1. The van der Waals surface area contributed by atoms with Gasteiger partial charge in [0.2, 0.25) is 6.67 Å². The van der Waals surface area contributed by atoms with Crippen LogP contribution in [0.3, 0.4) is 0 Å². The molecule has 0 saturated heterocycles. The zero-order chi connectivity index (χ0) is 9.56. The van der Waals surface area contributed by atoms with Crippen LogP contribution in [-0.2, 0) is 65.4 Å². The molecule has 0 fully saturated rings. The van der Waals surface area contributed by atoms with Crippen LogP contribution in [0.4, 0.5) is 0 Å². The third-order valence-electron chi connectivity index (χ3n) is 2.29. The van der Waals surface area contributed by atoms with E-state index >= 15 is 0 Å². The van der Waals surface area contributed by atoms with E-state index in [1.54, 1.807) is 9.80 Å². The molecule has 0 aliphatic heterocycles. The molecule has 0 spiro atoms. The zero-order valence-electron chi connectivity index (χ0n) is 10.4. The van der Waals surface area contributed by atoms with Crippen LogP contribution in [0.2, 0.25) is 0 Å². The van der Waals surface area contributed by atoms with Gasteiger partial charge in [-0.05, 0) is 14.0 Å². The third-order valence-corrected chi connectivity index (χ3v) is 2.29. The summed E-state index contributed by atoms with van der Waals surface area (Å²) in [6.45, 7) is 9.14. The van der Waals surface area contributed by atoms with Crippen LogP contribution in [-0.4, -0.2) is 52.5 Å². The van der Waals surface area contributed by atoms with E-state index in [2.05, 4.69) is 39.9 Å². The molecule has 2 radical (unpaired) electrons. The molecule has 0 aliphatic rings. The van der Waals surface area contributed by atoms with Gasteiger partial charge in [0.05, 0.1) is 20.6 Å². The first kappa shape index (κ1) is 21.4. The Morgan fingerprint density at radius 1 is 1.00 bits per heavy atom. The van der Waals surface area contributed by atoms with Crippen LogP contribution in [0.5, 0.6) is 0 Å². The fourth-order valence-electron chi connectivity index (χ4n) is 1.27. The van der Waals surface area contributed by atoms with Crippen LogP contribution in [0.1, 0.15) is 13.8 Å². The maximum absolute atomic E-state index is 2.35. The second-order valence-corrected chi connectivity index (χ2v) is 3.77. The van der Waals surface area contributed by atoms with Crippen LogP contribution in [0.25, 0.3) is 0 Å². The Morgan fingerprint density at radius 2 is 1.50 bits per heavy atom. The van der Waals surface area contributed by atoms with Gasteiger partial charge in [0.25, 0.3) is 0 Å². The molecule has 0 saturated carbocycles. The third kappa shape index (κ3) is 12.2. The summed E-state index contributed by atoms with van der Waals surface area (Å²) in [7, 11) is 6.67. The van der Waals surface area contributed by atoms with Crippen LogP contribution in [0, 0.1) is 0 Å². The number of nitrogens with zero attached hydrogens (tertiary/aromatic N) is 1. The van der Waals surface area contributed by atoms with Gasteiger partial charge in [0.15, 0.2) is 0 Å². The first-order valence-corrected chi connectivity index (χ1v) is 4.91. The van der Waals surface area contributed by atoms with Gasteiger partial charge in [0, 0.05) is 72.0 Å². The fourth-order valence-corrected chi connectivity index (χ4v) is 1.27. The normalized spacial score (nSPS) is 14.1. The topological polar surface area (TPSA) is 12.1 Å². The SMILES string of the molecule is CCN(C)C[NH+](C)C[NH+](C)CC.[Y].[Y]. The number of hydrogen-bond donors (Lipinski definition) is 2. The standard InChI is InChI=1S/C9H23N3.2Y/c1-6-10(3)8-12(5)9-11(4)7-2;;/h6-9H2,1-5H3;;/p+2. The molecule has 0 bridgehead atoms. The molecule has 5 heteroatoms. The summed E-state index contributed by atoms with van der Waals surface area (Å²) in [5.74, 6) is 0. The monoisotopic (exact) mass is 353 g/mol. The van der Waals surface area contributed by atoms with Crippen molar-refractivity contribution in [3.8, 4) is 0 Å². The van der Waals surface area contributed by atoms with Crippen molar-refractivity contribution in [2.24, 2.45) is 0 Å². The van der Waals surface area contributed by atoms with Crippen molar-refractivity contribution in [2.45, 2.75) is 13.8 Å². The van der Waals surface area contributed by atoms with Crippen molar-refractivity contribution in [1.29, 1.82) is 0 Å². The quantitative estimate of drug-likeness (QED) is 0.522. The first-order chi connectivity index (χ1) is 5.60. The summed E-state index contributed by atoms with van der Waals surface area (Å²) in [5, 5.41) is 0. The van der Waals surface area contributed by atoms with Gasteiger partial charge >= 0.3 is 0 Å². The van der Waals surface area contributed by atoms with Crippen molar-refractivity contribution in [1.82, 2.24) is 4.90 Å². The van der Waals surface area contributed by atoms with Crippen molar-refractivity contribution in [2.75, 3.05) is 47.6 Å². The minimum Gasteiger partial charge on any atom is -0.291 e. The van der Waals surface area contributed by atoms with Gasteiger partial charge in [-0.2, -0.15) is 0 Å². The van der Waals surface area contributed by atoms with Gasteiger partial charge in [-0.1, -0.05) is 6.92 Å². The van der Waals surface area contributed by atoms with E-state index in [4.69, 9.17) is 0 Å². The Labute approximate surface area is 140 Å². The van der Waals surface area contributed by atoms with Crippen molar-refractivity contribution >= 4 is 0 Å². The second-order valence-electron chi connectivity index (χ2n) is 3.77. The average molecular weight is 353 g/mol. The molecule has 0 aromatic heterocycles.